The maximum Gasteiger partial charge on any atom is 0.150 e. The molecule has 0 aromatic heterocycles. The lowest BCUT2D eigenvalue weighted by molar-refractivity contribution is 0.195. The fourth-order valence-corrected chi connectivity index (χ4v) is 4.14. The van der Waals surface area contributed by atoms with Gasteiger partial charge in [0.05, 0.1) is 19.4 Å². The van der Waals surface area contributed by atoms with Gasteiger partial charge in [0.15, 0.2) is 5.76 Å². The van der Waals surface area contributed by atoms with Crippen LogP contribution in [0.2, 0.25) is 0 Å². The van der Waals surface area contributed by atoms with Crippen LogP contribution in [0.5, 0.6) is 5.75 Å². The number of nitrogens with zero attached hydrogens (tertiary/aromatic N) is 1. The van der Waals surface area contributed by atoms with Crippen LogP contribution in [0.4, 0.5) is 4.39 Å². The molecule has 0 unspecified atom stereocenters. The highest BCUT2D eigenvalue weighted by molar-refractivity contribution is 5.89. The molecule has 0 amide bonds. The molecule has 2 aliphatic heterocycles. The molecule has 29 heavy (non-hydrogen) atoms. The van der Waals surface area contributed by atoms with Crippen molar-refractivity contribution in [2.24, 2.45) is 0 Å². The van der Waals surface area contributed by atoms with E-state index in [-0.39, 0.29) is 5.82 Å². The fraction of sp³-hybridized carbons (Fsp3) is 0.417. The number of halogens is 1. The van der Waals surface area contributed by atoms with Crippen molar-refractivity contribution >= 4 is 11.5 Å². The van der Waals surface area contributed by atoms with E-state index in [9.17, 15) is 4.39 Å². The third-order valence-corrected chi connectivity index (χ3v) is 5.67. The van der Waals surface area contributed by atoms with Crippen LogP contribution in [-0.4, -0.2) is 38.3 Å². The SMILES string of the molecule is COc1cccc(C2=C(OCCCN3CCCCC3)c3ccc(F)cc3CN2)c1. The van der Waals surface area contributed by atoms with Gasteiger partial charge >= 0.3 is 0 Å². The van der Waals surface area contributed by atoms with E-state index >= 15 is 0 Å². The van der Waals surface area contributed by atoms with Crippen LogP contribution >= 0.6 is 0 Å². The van der Waals surface area contributed by atoms with Gasteiger partial charge in [-0.3, -0.25) is 0 Å². The predicted molar refractivity (Wildman–Crippen MR) is 114 cm³/mol. The Bertz CT molecular complexity index is 875. The molecule has 1 fully saturated rings. The number of piperidine rings is 1. The van der Waals surface area contributed by atoms with Gasteiger partial charge in [0.2, 0.25) is 0 Å². The maximum atomic E-state index is 13.7. The van der Waals surface area contributed by atoms with E-state index in [0.29, 0.717) is 13.2 Å². The van der Waals surface area contributed by atoms with Crippen molar-refractivity contribution in [2.75, 3.05) is 33.4 Å². The van der Waals surface area contributed by atoms with Crippen molar-refractivity contribution in [1.82, 2.24) is 10.2 Å². The summed E-state index contributed by atoms with van der Waals surface area (Å²) in [6.07, 6.45) is 4.93. The van der Waals surface area contributed by atoms with Crippen LogP contribution in [0.3, 0.4) is 0 Å². The zero-order chi connectivity index (χ0) is 20.1. The summed E-state index contributed by atoms with van der Waals surface area (Å²) in [4.78, 5) is 2.52. The second kappa shape index (κ2) is 9.31. The van der Waals surface area contributed by atoms with E-state index in [1.807, 2.05) is 30.3 Å². The van der Waals surface area contributed by atoms with Gasteiger partial charge in [-0.2, -0.15) is 0 Å². The van der Waals surface area contributed by atoms with E-state index in [1.54, 1.807) is 13.2 Å². The lowest BCUT2D eigenvalue weighted by atomic mass is 9.97. The van der Waals surface area contributed by atoms with E-state index in [0.717, 1.165) is 46.9 Å². The van der Waals surface area contributed by atoms with Crippen molar-refractivity contribution in [3.63, 3.8) is 0 Å². The van der Waals surface area contributed by atoms with E-state index < -0.39 is 0 Å². The lowest BCUT2D eigenvalue weighted by Crippen LogP contribution is -2.31. The van der Waals surface area contributed by atoms with Gasteiger partial charge in [-0.1, -0.05) is 18.6 Å². The summed E-state index contributed by atoms with van der Waals surface area (Å²) in [5, 5.41) is 3.43. The minimum absolute atomic E-state index is 0.222. The standard InChI is InChI=1S/C24H29FN2O2/c1-28-21-8-5-7-18(16-21)23-24(22-10-9-20(25)15-19(22)17-26-23)29-14-6-13-27-11-3-2-4-12-27/h5,7-10,15-16,26H,2-4,6,11-14,17H2,1H3. The highest BCUT2D eigenvalue weighted by Gasteiger charge is 2.22. The first-order valence-corrected chi connectivity index (χ1v) is 10.5. The molecular weight excluding hydrogens is 367 g/mol. The molecule has 2 heterocycles. The summed E-state index contributed by atoms with van der Waals surface area (Å²) >= 11 is 0. The summed E-state index contributed by atoms with van der Waals surface area (Å²) < 4.78 is 25.4. The number of hydrogen-bond acceptors (Lipinski definition) is 4. The number of fused-ring (bicyclic) bond motifs is 1. The first-order chi connectivity index (χ1) is 14.2. The van der Waals surface area contributed by atoms with Gasteiger partial charge < -0.3 is 19.7 Å². The Hall–Kier alpha value is -2.53. The predicted octanol–water partition coefficient (Wildman–Crippen LogP) is 4.66. The lowest BCUT2D eigenvalue weighted by Gasteiger charge is -2.28. The molecule has 0 spiro atoms. The Morgan fingerprint density at radius 2 is 1.93 bits per heavy atom. The maximum absolute atomic E-state index is 13.7. The number of methoxy groups -OCH3 is 1. The number of benzene rings is 2. The molecule has 0 atom stereocenters. The minimum atomic E-state index is -0.222. The van der Waals surface area contributed by atoms with Gasteiger partial charge in [0.25, 0.3) is 0 Å². The van der Waals surface area contributed by atoms with Crippen molar-refractivity contribution in [3.8, 4) is 5.75 Å². The first-order valence-electron chi connectivity index (χ1n) is 10.5. The van der Waals surface area contributed by atoms with Crippen LogP contribution in [0.1, 0.15) is 42.4 Å². The van der Waals surface area contributed by atoms with Gasteiger partial charge in [0.1, 0.15) is 11.6 Å². The van der Waals surface area contributed by atoms with Crippen molar-refractivity contribution in [1.29, 1.82) is 0 Å². The summed E-state index contributed by atoms with van der Waals surface area (Å²) in [6.45, 7) is 4.66. The monoisotopic (exact) mass is 396 g/mol. The van der Waals surface area contributed by atoms with Gasteiger partial charge in [0, 0.05) is 24.2 Å². The normalized spacial score (nSPS) is 16.9. The smallest absolute Gasteiger partial charge is 0.150 e. The van der Waals surface area contributed by atoms with Crippen molar-refractivity contribution in [2.45, 2.75) is 32.2 Å². The molecule has 1 saturated heterocycles. The molecule has 2 aromatic rings. The van der Waals surface area contributed by atoms with Crippen LogP contribution in [0.25, 0.3) is 11.5 Å². The molecule has 4 rings (SSSR count). The minimum Gasteiger partial charge on any atom is -0.497 e. The van der Waals surface area contributed by atoms with Crippen molar-refractivity contribution in [3.05, 3.63) is 65.0 Å². The fourth-order valence-electron chi connectivity index (χ4n) is 4.14. The first kappa shape index (κ1) is 19.8. The summed E-state index contributed by atoms with van der Waals surface area (Å²) in [7, 11) is 1.66. The zero-order valence-electron chi connectivity index (χ0n) is 17.0. The summed E-state index contributed by atoms with van der Waals surface area (Å²) in [6, 6.07) is 12.8. The van der Waals surface area contributed by atoms with E-state index in [2.05, 4.69) is 10.2 Å². The Kier molecular flexibility index (Phi) is 6.35. The van der Waals surface area contributed by atoms with Gasteiger partial charge in [-0.15, -0.1) is 0 Å². The molecule has 0 bridgehead atoms. The average Bonchev–Trinajstić information content (AvgIpc) is 2.77. The molecular formula is C24H29FN2O2. The zero-order valence-corrected chi connectivity index (χ0v) is 17.0. The van der Waals surface area contributed by atoms with Crippen LogP contribution in [0.15, 0.2) is 42.5 Å². The Balaban J connectivity index is 1.55. The Labute approximate surface area is 172 Å². The van der Waals surface area contributed by atoms with Crippen LogP contribution < -0.4 is 10.1 Å². The molecule has 5 heteroatoms. The van der Waals surface area contributed by atoms with Gasteiger partial charge in [-0.05, 0) is 68.2 Å². The van der Waals surface area contributed by atoms with Crippen molar-refractivity contribution < 1.29 is 13.9 Å². The summed E-state index contributed by atoms with van der Waals surface area (Å²) in [5.41, 5.74) is 3.81. The summed E-state index contributed by atoms with van der Waals surface area (Å²) in [5.74, 6) is 1.36. The van der Waals surface area contributed by atoms with E-state index in [4.69, 9.17) is 9.47 Å². The van der Waals surface area contributed by atoms with Crippen LogP contribution in [0, 0.1) is 5.82 Å². The largest absolute Gasteiger partial charge is 0.497 e. The molecule has 0 saturated carbocycles. The second-order valence-corrected chi connectivity index (χ2v) is 7.70. The molecule has 154 valence electrons. The highest BCUT2D eigenvalue weighted by atomic mass is 19.1. The number of likely N-dealkylation sites (tertiary alicyclic amines) is 1. The highest BCUT2D eigenvalue weighted by Crippen LogP contribution is 2.33. The topological polar surface area (TPSA) is 33.7 Å². The van der Waals surface area contributed by atoms with Crippen LogP contribution in [-0.2, 0) is 11.3 Å². The third-order valence-electron chi connectivity index (χ3n) is 5.67. The number of ether oxygens (including phenoxy) is 2. The van der Waals surface area contributed by atoms with Gasteiger partial charge in [-0.25, -0.2) is 4.39 Å². The third kappa shape index (κ3) is 4.73. The molecule has 0 aliphatic carbocycles. The quantitative estimate of drug-likeness (QED) is 0.691. The molecule has 2 aromatic carbocycles. The van der Waals surface area contributed by atoms with E-state index in [1.165, 1.54) is 38.4 Å². The number of nitrogens with one attached hydrogen (secondary N) is 1. The molecule has 2 aliphatic rings. The molecule has 0 radical (unpaired) electrons. The number of hydrogen-bond donors (Lipinski definition) is 1. The molecule has 1 N–H and O–H groups in total. The Morgan fingerprint density at radius 3 is 2.76 bits per heavy atom. The Morgan fingerprint density at radius 1 is 1.07 bits per heavy atom. The average molecular weight is 397 g/mol. The molecule has 4 nitrogen and oxygen atoms in total. The second-order valence-electron chi connectivity index (χ2n) is 7.70. The number of rotatable bonds is 7.